The van der Waals surface area contributed by atoms with Gasteiger partial charge >= 0.3 is 11.9 Å². The summed E-state index contributed by atoms with van der Waals surface area (Å²) in [6, 6.07) is -5.37. The Balaban J connectivity index is 2.95. The summed E-state index contributed by atoms with van der Waals surface area (Å²) in [6.45, 7) is 1.32. The first-order valence-electron chi connectivity index (χ1n) is 9.92. The van der Waals surface area contributed by atoms with Crippen molar-refractivity contribution in [3.63, 3.8) is 0 Å². The zero-order valence-corrected chi connectivity index (χ0v) is 17.5. The third-order valence-electron chi connectivity index (χ3n) is 4.90. The molecule has 180 valence electrons. The molecule has 0 aromatic heterocycles. The zero-order chi connectivity index (χ0) is 24.6. The molecule has 14 nitrogen and oxygen atoms in total. The van der Waals surface area contributed by atoms with E-state index in [4.69, 9.17) is 21.7 Å². The number of hydrogen-bond acceptors (Lipinski definition) is 8. The number of amides is 4. The molecule has 1 aliphatic rings. The number of carbonyl (C=O) groups is 6. The van der Waals surface area contributed by atoms with Gasteiger partial charge in [0.05, 0.1) is 18.6 Å². The summed E-state index contributed by atoms with van der Waals surface area (Å²) in [5.74, 6) is -6.01. The molecule has 1 fully saturated rings. The van der Waals surface area contributed by atoms with E-state index in [0.717, 1.165) is 11.8 Å². The number of aliphatic hydroxyl groups is 1. The third-order valence-corrected chi connectivity index (χ3v) is 4.90. The first kappa shape index (κ1) is 26.8. The third kappa shape index (κ3) is 7.77. The fourth-order valence-corrected chi connectivity index (χ4v) is 3.27. The molecule has 14 heteroatoms. The van der Waals surface area contributed by atoms with Crippen LogP contribution in [0.3, 0.4) is 0 Å². The van der Waals surface area contributed by atoms with Crippen LogP contribution in [0, 0.1) is 0 Å². The number of nitrogens with zero attached hydrogens (tertiary/aromatic N) is 1. The summed E-state index contributed by atoms with van der Waals surface area (Å²) in [6.07, 6.45) is -2.06. The largest absolute Gasteiger partial charge is 0.481 e. The second-order valence-corrected chi connectivity index (χ2v) is 7.53. The van der Waals surface area contributed by atoms with Crippen LogP contribution in [-0.2, 0) is 28.8 Å². The molecule has 5 unspecified atom stereocenters. The number of hydrogen-bond donors (Lipinski definition) is 7. The van der Waals surface area contributed by atoms with Crippen molar-refractivity contribution < 1.29 is 44.1 Å². The highest BCUT2D eigenvalue weighted by atomic mass is 16.4. The molecule has 0 radical (unpaired) electrons. The summed E-state index contributed by atoms with van der Waals surface area (Å²) >= 11 is 0. The van der Waals surface area contributed by atoms with Gasteiger partial charge in [-0.1, -0.05) is 0 Å². The van der Waals surface area contributed by atoms with Gasteiger partial charge in [0, 0.05) is 13.0 Å². The predicted octanol–water partition coefficient (Wildman–Crippen LogP) is -3.52. The van der Waals surface area contributed by atoms with Gasteiger partial charge in [0.2, 0.25) is 23.6 Å². The number of aliphatic hydroxyl groups excluding tert-OH is 1. The van der Waals surface area contributed by atoms with Gasteiger partial charge in [-0.15, -0.1) is 0 Å². The highest BCUT2D eigenvalue weighted by Gasteiger charge is 2.38. The van der Waals surface area contributed by atoms with E-state index in [1.54, 1.807) is 0 Å². The molecule has 9 N–H and O–H groups in total. The number of rotatable bonds is 12. The summed E-state index contributed by atoms with van der Waals surface area (Å²) in [4.78, 5) is 72.1. The number of carboxylic acids is 2. The molecule has 0 aliphatic carbocycles. The number of nitrogens with one attached hydrogen (secondary N) is 2. The molecule has 0 bridgehead atoms. The summed E-state index contributed by atoms with van der Waals surface area (Å²) in [5, 5.41) is 32.0. The van der Waals surface area contributed by atoms with Crippen molar-refractivity contribution in [3.8, 4) is 0 Å². The first-order valence-corrected chi connectivity index (χ1v) is 9.92. The average Bonchev–Trinajstić information content (AvgIpc) is 3.16. The minimum absolute atomic E-state index is 0.179. The van der Waals surface area contributed by atoms with Gasteiger partial charge < -0.3 is 42.3 Å². The Morgan fingerprint density at radius 1 is 1.12 bits per heavy atom. The Morgan fingerprint density at radius 2 is 1.75 bits per heavy atom. The molecule has 0 aromatic rings. The second kappa shape index (κ2) is 12.0. The maximum absolute atomic E-state index is 12.8. The van der Waals surface area contributed by atoms with E-state index >= 15 is 0 Å². The minimum Gasteiger partial charge on any atom is -0.481 e. The van der Waals surface area contributed by atoms with Crippen LogP contribution in [-0.4, -0.2) is 92.6 Å². The fraction of sp³-hybridized carbons (Fsp3) is 0.667. The molecule has 32 heavy (non-hydrogen) atoms. The molecule has 5 atom stereocenters. The predicted molar refractivity (Wildman–Crippen MR) is 107 cm³/mol. The smallest absolute Gasteiger partial charge is 0.328 e. The van der Waals surface area contributed by atoms with Gasteiger partial charge in [0.1, 0.15) is 12.1 Å². The van der Waals surface area contributed by atoms with Crippen molar-refractivity contribution in [2.45, 2.75) is 69.3 Å². The van der Waals surface area contributed by atoms with E-state index in [2.05, 4.69) is 10.6 Å². The monoisotopic (exact) mass is 459 g/mol. The lowest BCUT2D eigenvalue weighted by molar-refractivity contribution is -0.146. The van der Waals surface area contributed by atoms with Crippen LogP contribution >= 0.6 is 0 Å². The topological polar surface area (TPSA) is 242 Å². The molecule has 0 saturated carbocycles. The van der Waals surface area contributed by atoms with Crippen LogP contribution < -0.4 is 22.1 Å². The van der Waals surface area contributed by atoms with Crippen molar-refractivity contribution in [1.82, 2.24) is 15.5 Å². The lowest BCUT2D eigenvalue weighted by Crippen LogP contribution is -2.58. The lowest BCUT2D eigenvalue weighted by Gasteiger charge is -2.28. The minimum atomic E-state index is -1.68. The molecule has 1 aliphatic heterocycles. The Labute approximate surface area is 183 Å². The number of aliphatic carboxylic acids is 2. The van der Waals surface area contributed by atoms with E-state index in [1.165, 1.54) is 0 Å². The number of carbonyl (C=O) groups excluding carboxylic acids is 4. The van der Waals surface area contributed by atoms with Gasteiger partial charge in [0.25, 0.3) is 0 Å². The molecule has 0 aromatic carbocycles. The maximum atomic E-state index is 12.8. The highest BCUT2D eigenvalue weighted by Crippen LogP contribution is 2.19. The van der Waals surface area contributed by atoms with Gasteiger partial charge in [-0.05, 0) is 26.2 Å². The molecule has 1 heterocycles. The lowest BCUT2D eigenvalue weighted by atomic mass is 10.1. The molecular weight excluding hydrogens is 430 g/mol. The van der Waals surface area contributed by atoms with E-state index in [9.17, 15) is 33.9 Å². The number of carboxylic acid groups (broad SMARTS) is 2. The van der Waals surface area contributed by atoms with Crippen LogP contribution in [0.1, 0.15) is 39.0 Å². The molecule has 0 spiro atoms. The van der Waals surface area contributed by atoms with E-state index < -0.39 is 78.7 Å². The van der Waals surface area contributed by atoms with Crippen LogP contribution in [0.25, 0.3) is 0 Å². The van der Waals surface area contributed by atoms with Gasteiger partial charge in [0.15, 0.2) is 6.04 Å². The van der Waals surface area contributed by atoms with Crippen molar-refractivity contribution in [3.05, 3.63) is 0 Å². The first-order chi connectivity index (χ1) is 14.8. The fourth-order valence-electron chi connectivity index (χ4n) is 3.27. The highest BCUT2D eigenvalue weighted by molar-refractivity contribution is 5.95. The molecular formula is C18H29N5O9. The van der Waals surface area contributed by atoms with Crippen molar-refractivity contribution in [2.75, 3.05) is 6.54 Å². The molecule has 1 saturated heterocycles. The van der Waals surface area contributed by atoms with E-state index in [1.807, 2.05) is 0 Å². The van der Waals surface area contributed by atoms with Gasteiger partial charge in [-0.3, -0.25) is 24.0 Å². The van der Waals surface area contributed by atoms with Crippen LogP contribution in [0.2, 0.25) is 0 Å². The summed E-state index contributed by atoms with van der Waals surface area (Å²) in [7, 11) is 0. The van der Waals surface area contributed by atoms with E-state index in [0.29, 0.717) is 6.42 Å². The zero-order valence-electron chi connectivity index (χ0n) is 17.5. The average molecular weight is 459 g/mol. The van der Waals surface area contributed by atoms with Gasteiger partial charge in [-0.25, -0.2) is 4.79 Å². The van der Waals surface area contributed by atoms with Crippen LogP contribution in [0.5, 0.6) is 0 Å². The van der Waals surface area contributed by atoms with Crippen LogP contribution in [0.4, 0.5) is 0 Å². The molecule has 1 rings (SSSR count). The second-order valence-electron chi connectivity index (χ2n) is 7.53. The van der Waals surface area contributed by atoms with Gasteiger partial charge in [-0.2, -0.15) is 0 Å². The quantitative estimate of drug-likeness (QED) is 0.152. The normalized spacial score (nSPS) is 19.3. The Bertz CT molecular complexity index is 757. The number of primary amides is 1. The number of nitrogens with two attached hydrogens (primary N) is 2. The van der Waals surface area contributed by atoms with E-state index in [-0.39, 0.29) is 19.4 Å². The SMILES string of the molecule is CC(O)C(NC(=O)C(CCC(=O)O)NC(=O)C1CCCN1C(=O)C(N)CC(N)=O)C(=O)O. The Kier molecular flexibility index (Phi) is 10.00. The standard InChI is InChI=1S/C18H29N5O9/c1-8(24)14(18(31)32)22-15(28)10(4-5-13(26)27)21-16(29)11-3-2-6-23(11)17(30)9(19)7-12(20)25/h8-11,14,24H,2-7,19H2,1H3,(H2,20,25)(H,21,29)(H,22,28)(H,26,27)(H,31,32). The maximum Gasteiger partial charge on any atom is 0.328 e. The van der Waals surface area contributed by atoms with Crippen LogP contribution in [0.15, 0.2) is 0 Å². The number of likely N-dealkylation sites (tertiary alicyclic amines) is 1. The van der Waals surface area contributed by atoms with Crippen molar-refractivity contribution in [2.24, 2.45) is 11.5 Å². The Hall–Kier alpha value is -3.26. The summed E-state index contributed by atoms with van der Waals surface area (Å²) < 4.78 is 0. The Morgan fingerprint density at radius 3 is 2.25 bits per heavy atom. The molecule has 4 amide bonds. The summed E-state index contributed by atoms with van der Waals surface area (Å²) in [5.41, 5.74) is 10.7. The van der Waals surface area contributed by atoms with Crippen molar-refractivity contribution >= 4 is 35.6 Å². The van der Waals surface area contributed by atoms with Crippen molar-refractivity contribution in [1.29, 1.82) is 0 Å².